The molecule has 0 aliphatic rings. The van der Waals surface area contributed by atoms with E-state index in [9.17, 15) is 10.5 Å². The Hall–Kier alpha value is -4.28. The third-order valence-electron chi connectivity index (χ3n) is 4.58. The summed E-state index contributed by atoms with van der Waals surface area (Å²) < 4.78 is 0. The zero-order valence-electron chi connectivity index (χ0n) is 14.9. The van der Waals surface area contributed by atoms with E-state index >= 15 is 0 Å². The van der Waals surface area contributed by atoms with Crippen LogP contribution in [0, 0.1) is 22.7 Å². The molecule has 1 heterocycles. The first kappa shape index (κ1) is 17.1. The van der Waals surface area contributed by atoms with E-state index in [1.54, 1.807) is 18.3 Å². The number of nitrogens with zero attached hydrogens (tertiary/aromatic N) is 4. The van der Waals surface area contributed by atoms with Crippen molar-refractivity contribution in [2.75, 3.05) is 0 Å². The Morgan fingerprint density at radius 2 is 1.14 bits per heavy atom. The third kappa shape index (κ3) is 3.00. The lowest BCUT2D eigenvalue weighted by Gasteiger charge is -2.16. The first-order valence-electron chi connectivity index (χ1n) is 8.72. The van der Waals surface area contributed by atoms with Crippen LogP contribution in [-0.4, -0.2) is 9.97 Å². The van der Waals surface area contributed by atoms with E-state index in [1.807, 2.05) is 60.7 Å². The average molecular weight is 358 g/mol. The van der Waals surface area contributed by atoms with Gasteiger partial charge >= 0.3 is 0 Å². The molecule has 0 spiro atoms. The summed E-state index contributed by atoms with van der Waals surface area (Å²) in [6, 6.07) is 27.3. The van der Waals surface area contributed by atoms with Crippen molar-refractivity contribution in [1.82, 2.24) is 9.97 Å². The Balaban J connectivity index is 2.10. The molecule has 0 amide bonds. The van der Waals surface area contributed by atoms with Crippen molar-refractivity contribution in [2.24, 2.45) is 0 Å². The van der Waals surface area contributed by atoms with Crippen molar-refractivity contribution in [3.05, 3.63) is 96.4 Å². The predicted octanol–water partition coefficient (Wildman–Crippen LogP) is 5.22. The van der Waals surface area contributed by atoms with Gasteiger partial charge in [-0.2, -0.15) is 10.5 Å². The molecule has 0 saturated carbocycles. The molecule has 0 aliphatic carbocycles. The molecule has 3 aromatic carbocycles. The lowest BCUT2D eigenvalue weighted by molar-refractivity contribution is 1.17. The summed E-state index contributed by atoms with van der Waals surface area (Å²) in [5.41, 5.74) is 6.22. The Kier molecular flexibility index (Phi) is 4.61. The van der Waals surface area contributed by atoms with Gasteiger partial charge in [0.2, 0.25) is 0 Å². The molecule has 4 aromatic rings. The van der Waals surface area contributed by atoms with Crippen LogP contribution in [0.1, 0.15) is 11.1 Å². The fourth-order valence-electron chi connectivity index (χ4n) is 3.35. The molecule has 4 heteroatoms. The fraction of sp³-hybridized carbons (Fsp3) is 0. The first-order chi connectivity index (χ1) is 13.8. The van der Waals surface area contributed by atoms with Gasteiger partial charge in [0.15, 0.2) is 0 Å². The van der Waals surface area contributed by atoms with E-state index in [1.165, 1.54) is 6.33 Å². The molecule has 1 aromatic heterocycles. The van der Waals surface area contributed by atoms with Gasteiger partial charge in [-0.05, 0) is 29.3 Å². The molecule has 0 unspecified atom stereocenters. The van der Waals surface area contributed by atoms with Gasteiger partial charge in [0.25, 0.3) is 0 Å². The third-order valence-corrected chi connectivity index (χ3v) is 4.58. The predicted molar refractivity (Wildman–Crippen MR) is 108 cm³/mol. The molecule has 0 radical (unpaired) electrons. The molecule has 4 nitrogen and oxygen atoms in total. The van der Waals surface area contributed by atoms with Gasteiger partial charge in [0.05, 0.1) is 29.0 Å². The van der Waals surface area contributed by atoms with Crippen LogP contribution in [0.3, 0.4) is 0 Å². The fourth-order valence-corrected chi connectivity index (χ4v) is 3.35. The molecule has 0 atom stereocenters. The van der Waals surface area contributed by atoms with Gasteiger partial charge in [0, 0.05) is 22.9 Å². The van der Waals surface area contributed by atoms with Crippen molar-refractivity contribution in [3.63, 3.8) is 0 Å². The Morgan fingerprint density at radius 3 is 1.64 bits per heavy atom. The van der Waals surface area contributed by atoms with Crippen LogP contribution in [-0.2, 0) is 0 Å². The number of benzene rings is 3. The average Bonchev–Trinajstić information content (AvgIpc) is 2.79. The Labute approximate surface area is 163 Å². The molecule has 130 valence electrons. The van der Waals surface area contributed by atoms with Crippen LogP contribution in [0.25, 0.3) is 33.5 Å². The number of aromatic nitrogens is 2. The van der Waals surface area contributed by atoms with Gasteiger partial charge in [-0.3, -0.25) is 0 Å². The number of rotatable bonds is 3. The summed E-state index contributed by atoms with van der Waals surface area (Å²) in [5, 5.41) is 19.2. The normalized spacial score (nSPS) is 10.1. The summed E-state index contributed by atoms with van der Waals surface area (Å²) in [4.78, 5) is 8.48. The van der Waals surface area contributed by atoms with E-state index in [4.69, 9.17) is 0 Å². The minimum atomic E-state index is 0.587. The Bertz CT molecular complexity index is 1160. The van der Waals surface area contributed by atoms with Crippen LogP contribution in [0.5, 0.6) is 0 Å². The second kappa shape index (κ2) is 7.53. The zero-order chi connectivity index (χ0) is 19.3. The van der Waals surface area contributed by atoms with E-state index in [-0.39, 0.29) is 0 Å². The maximum Gasteiger partial charge on any atom is 0.116 e. The van der Waals surface area contributed by atoms with Gasteiger partial charge in [0.1, 0.15) is 6.33 Å². The van der Waals surface area contributed by atoms with Crippen molar-refractivity contribution in [1.29, 1.82) is 10.5 Å². The van der Waals surface area contributed by atoms with E-state index in [0.717, 1.165) is 33.5 Å². The number of nitriles is 2. The standard InChI is InChI=1S/C24H14N4/c25-14-17-6-1-3-8-19(17)21-10-5-11-22(20-9-4-2-7-18(20)15-26)24(21)23-12-13-27-16-28-23/h1-13,16H. The van der Waals surface area contributed by atoms with Gasteiger partial charge < -0.3 is 0 Å². The van der Waals surface area contributed by atoms with Crippen LogP contribution < -0.4 is 0 Å². The highest BCUT2D eigenvalue weighted by atomic mass is 14.8. The van der Waals surface area contributed by atoms with Gasteiger partial charge in [-0.1, -0.05) is 54.6 Å². The summed E-state index contributed by atoms with van der Waals surface area (Å²) >= 11 is 0. The molecule has 0 saturated heterocycles. The summed E-state index contributed by atoms with van der Waals surface area (Å²) in [5.74, 6) is 0. The van der Waals surface area contributed by atoms with E-state index < -0.39 is 0 Å². The largest absolute Gasteiger partial charge is 0.245 e. The van der Waals surface area contributed by atoms with Gasteiger partial charge in [-0.15, -0.1) is 0 Å². The van der Waals surface area contributed by atoms with Crippen molar-refractivity contribution in [3.8, 4) is 45.6 Å². The molecule has 0 fully saturated rings. The van der Waals surface area contributed by atoms with Crippen molar-refractivity contribution in [2.45, 2.75) is 0 Å². The quantitative estimate of drug-likeness (QED) is 0.503. The van der Waals surface area contributed by atoms with Crippen LogP contribution in [0.15, 0.2) is 85.3 Å². The molecule has 0 aliphatic heterocycles. The monoisotopic (exact) mass is 358 g/mol. The van der Waals surface area contributed by atoms with Gasteiger partial charge in [-0.25, -0.2) is 9.97 Å². The van der Waals surface area contributed by atoms with Crippen LogP contribution >= 0.6 is 0 Å². The van der Waals surface area contributed by atoms with Crippen LogP contribution in [0.2, 0.25) is 0 Å². The molecule has 0 bridgehead atoms. The molecule has 28 heavy (non-hydrogen) atoms. The lowest BCUT2D eigenvalue weighted by Crippen LogP contribution is -1.95. The minimum Gasteiger partial charge on any atom is -0.245 e. The second-order valence-electron chi connectivity index (χ2n) is 6.14. The number of hydrogen-bond donors (Lipinski definition) is 0. The second-order valence-corrected chi connectivity index (χ2v) is 6.14. The van der Waals surface area contributed by atoms with Crippen LogP contribution in [0.4, 0.5) is 0 Å². The summed E-state index contributed by atoms with van der Waals surface area (Å²) in [6.45, 7) is 0. The molecular formula is C24H14N4. The topological polar surface area (TPSA) is 73.4 Å². The summed E-state index contributed by atoms with van der Waals surface area (Å²) in [7, 11) is 0. The maximum absolute atomic E-state index is 9.59. The maximum atomic E-state index is 9.59. The van der Waals surface area contributed by atoms with Crippen molar-refractivity contribution < 1.29 is 0 Å². The Morgan fingerprint density at radius 1 is 0.607 bits per heavy atom. The molecule has 0 N–H and O–H groups in total. The van der Waals surface area contributed by atoms with Crippen molar-refractivity contribution >= 4 is 0 Å². The number of hydrogen-bond acceptors (Lipinski definition) is 4. The van der Waals surface area contributed by atoms with E-state index in [2.05, 4.69) is 22.1 Å². The molecule has 4 rings (SSSR count). The zero-order valence-corrected chi connectivity index (χ0v) is 14.9. The molecular weight excluding hydrogens is 344 g/mol. The highest BCUT2D eigenvalue weighted by Crippen LogP contribution is 2.40. The minimum absolute atomic E-state index is 0.587. The summed E-state index contributed by atoms with van der Waals surface area (Å²) in [6.07, 6.45) is 3.19. The van der Waals surface area contributed by atoms with E-state index in [0.29, 0.717) is 11.1 Å². The lowest BCUT2D eigenvalue weighted by atomic mass is 9.87. The SMILES string of the molecule is N#Cc1ccccc1-c1cccc(-c2ccccc2C#N)c1-c1ccncn1. The highest BCUT2D eigenvalue weighted by molar-refractivity contribution is 5.95. The highest BCUT2D eigenvalue weighted by Gasteiger charge is 2.18. The first-order valence-corrected chi connectivity index (χ1v) is 8.72. The smallest absolute Gasteiger partial charge is 0.116 e.